The summed E-state index contributed by atoms with van der Waals surface area (Å²) in [4.78, 5) is 17.0. The number of hydrogen-bond acceptors (Lipinski definition) is 5. The van der Waals surface area contributed by atoms with Crippen molar-refractivity contribution in [3.8, 4) is 11.1 Å². The lowest BCUT2D eigenvalue weighted by Gasteiger charge is -2.34. The first-order valence-electron chi connectivity index (χ1n) is 9.62. The molecule has 142 valence electrons. The van der Waals surface area contributed by atoms with Crippen LogP contribution in [0.1, 0.15) is 5.69 Å². The van der Waals surface area contributed by atoms with E-state index in [-0.39, 0.29) is 6.61 Å². The molecule has 28 heavy (non-hydrogen) atoms. The Balaban J connectivity index is 1.49. The van der Waals surface area contributed by atoms with Crippen LogP contribution in [0, 0.1) is 0 Å². The predicted octanol–water partition coefficient (Wildman–Crippen LogP) is 3.02. The van der Waals surface area contributed by atoms with Gasteiger partial charge in [0, 0.05) is 54.4 Å². The number of fused-ring (bicyclic) bond motifs is 3. The SMILES string of the molecule is CN1CCN(c2ccc(-c3cnc4[nH]c5cnc(CO)cc5c4c3)cc2)CC1. The van der Waals surface area contributed by atoms with E-state index in [0.717, 1.165) is 59.2 Å². The molecule has 0 bridgehead atoms. The number of piperazine rings is 1. The van der Waals surface area contributed by atoms with Crippen molar-refractivity contribution < 1.29 is 5.11 Å². The summed E-state index contributed by atoms with van der Waals surface area (Å²) in [7, 11) is 2.17. The van der Waals surface area contributed by atoms with Gasteiger partial charge in [-0.25, -0.2) is 4.98 Å². The van der Waals surface area contributed by atoms with E-state index in [2.05, 4.69) is 62.1 Å². The number of nitrogens with zero attached hydrogens (tertiary/aromatic N) is 4. The molecule has 3 aromatic heterocycles. The van der Waals surface area contributed by atoms with Crippen molar-refractivity contribution in [1.82, 2.24) is 19.9 Å². The van der Waals surface area contributed by atoms with Gasteiger partial charge in [-0.15, -0.1) is 0 Å². The van der Waals surface area contributed by atoms with E-state index in [1.165, 1.54) is 5.69 Å². The van der Waals surface area contributed by atoms with Gasteiger partial charge in [-0.2, -0.15) is 0 Å². The number of aromatic amines is 1. The molecule has 0 saturated carbocycles. The zero-order valence-electron chi connectivity index (χ0n) is 15.9. The number of H-pyrrole nitrogens is 1. The highest BCUT2D eigenvalue weighted by molar-refractivity contribution is 6.06. The molecule has 4 heterocycles. The fraction of sp³-hybridized carbons (Fsp3) is 0.273. The van der Waals surface area contributed by atoms with Gasteiger partial charge in [0.2, 0.25) is 0 Å². The zero-order chi connectivity index (χ0) is 19.1. The lowest BCUT2D eigenvalue weighted by molar-refractivity contribution is 0.277. The topological polar surface area (TPSA) is 68.3 Å². The summed E-state index contributed by atoms with van der Waals surface area (Å²) < 4.78 is 0. The highest BCUT2D eigenvalue weighted by atomic mass is 16.3. The Labute approximate surface area is 163 Å². The average Bonchev–Trinajstić information content (AvgIpc) is 3.11. The van der Waals surface area contributed by atoms with Crippen LogP contribution in [0.2, 0.25) is 0 Å². The van der Waals surface area contributed by atoms with E-state index in [0.29, 0.717) is 5.69 Å². The molecule has 5 rings (SSSR count). The van der Waals surface area contributed by atoms with Crippen molar-refractivity contribution in [2.75, 3.05) is 38.1 Å². The number of rotatable bonds is 3. The minimum Gasteiger partial charge on any atom is -0.390 e. The van der Waals surface area contributed by atoms with Crippen molar-refractivity contribution in [1.29, 1.82) is 0 Å². The zero-order valence-corrected chi connectivity index (χ0v) is 15.9. The number of aromatic nitrogens is 3. The standard InChI is InChI=1S/C22H23N5O/c1-26-6-8-27(9-7-26)18-4-2-15(3-5-18)16-10-20-19-11-17(14-28)23-13-21(19)25-22(20)24-12-16/h2-5,10-13,28H,6-9,14H2,1H3,(H,24,25). The Morgan fingerprint density at radius 2 is 1.71 bits per heavy atom. The van der Waals surface area contributed by atoms with Crippen molar-refractivity contribution in [2.24, 2.45) is 0 Å². The molecule has 4 aromatic rings. The molecular weight excluding hydrogens is 350 g/mol. The molecule has 2 N–H and O–H groups in total. The highest BCUT2D eigenvalue weighted by Gasteiger charge is 2.14. The summed E-state index contributed by atoms with van der Waals surface area (Å²) in [6.07, 6.45) is 3.66. The molecule has 1 aliphatic heterocycles. The summed E-state index contributed by atoms with van der Waals surface area (Å²) in [5.74, 6) is 0. The van der Waals surface area contributed by atoms with Crippen LogP contribution in [0.3, 0.4) is 0 Å². The summed E-state index contributed by atoms with van der Waals surface area (Å²) in [5.41, 5.74) is 5.94. The molecule has 0 radical (unpaired) electrons. The van der Waals surface area contributed by atoms with Gasteiger partial charge < -0.3 is 19.9 Å². The van der Waals surface area contributed by atoms with E-state index in [1.54, 1.807) is 6.20 Å². The Morgan fingerprint density at radius 1 is 0.929 bits per heavy atom. The van der Waals surface area contributed by atoms with Crippen LogP contribution in [0.25, 0.3) is 33.1 Å². The van der Waals surface area contributed by atoms with E-state index in [4.69, 9.17) is 0 Å². The number of pyridine rings is 2. The third-order valence-electron chi connectivity index (χ3n) is 5.62. The van der Waals surface area contributed by atoms with Crippen LogP contribution < -0.4 is 4.90 Å². The fourth-order valence-corrected chi connectivity index (χ4v) is 3.89. The van der Waals surface area contributed by atoms with Gasteiger partial charge in [0.05, 0.1) is 24.0 Å². The Hall–Kier alpha value is -2.96. The van der Waals surface area contributed by atoms with Crippen molar-refractivity contribution >= 4 is 27.6 Å². The van der Waals surface area contributed by atoms with E-state index >= 15 is 0 Å². The molecule has 0 spiro atoms. The molecule has 0 atom stereocenters. The van der Waals surface area contributed by atoms with Crippen molar-refractivity contribution in [3.05, 3.63) is 54.5 Å². The lowest BCUT2D eigenvalue weighted by Crippen LogP contribution is -2.44. The van der Waals surface area contributed by atoms with Gasteiger partial charge in [-0.1, -0.05) is 12.1 Å². The van der Waals surface area contributed by atoms with Crippen LogP contribution >= 0.6 is 0 Å². The van der Waals surface area contributed by atoms with Gasteiger partial charge in [0.25, 0.3) is 0 Å². The Bertz CT molecular complexity index is 1130. The number of likely N-dealkylation sites (N-methyl/N-ethyl adjacent to an activating group) is 1. The van der Waals surface area contributed by atoms with Crippen molar-refractivity contribution in [3.63, 3.8) is 0 Å². The number of anilines is 1. The predicted molar refractivity (Wildman–Crippen MR) is 112 cm³/mol. The molecule has 1 fully saturated rings. The second-order valence-electron chi connectivity index (χ2n) is 7.46. The van der Waals surface area contributed by atoms with E-state index < -0.39 is 0 Å². The van der Waals surface area contributed by atoms with Crippen molar-refractivity contribution in [2.45, 2.75) is 6.61 Å². The van der Waals surface area contributed by atoms with Crippen LogP contribution in [-0.4, -0.2) is 58.2 Å². The van der Waals surface area contributed by atoms with Crippen LogP contribution in [0.4, 0.5) is 5.69 Å². The van der Waals surface area contributed by atoms with Gasteiger partial charge in [0.15, 0.2) is 0 Å². The van der Waals surface area contributed by atoms with Gasteiger partial charge >= 0.3 is 0 Å². The average molecular weight is 373 g/mol. The molecule has 6 nitrogen and oxygen atoms in total. The normalized spacial score (nSPS) is 15.6. The first-order chi connectivity index (χ1) is 13.7. The van der Waals surface area contributed by atoms with Gasteiger partial charge in [0.1, 0.15) is 5.65 Å². The Kier molecular flexibility index (Phi) is 4.22. The van der Waals surface area contributed by atoms with Crippen LogP contribution in [0.15, 0.2) is 48.8 Å². The number of aliphatic hydroxyl groups excluding tert-OH is 1. The largest absolute Gasteiger partial charge is 0.390 e. The molecular formula is C22H23N5O. The first-order valence-corrected chi connectivity index (χ1v) is 9.62. The maximum atomic E-state index is 9.39. The second-order valence-corrected chi connectivity index (χ2v) is 7.46. The third-order valence-corrected chi connectivity index (χ3v) is 5.62. The Morgan fingerprint density at radius 3 is 2.46 bits per heavy atom. The molecule has 6 heteroatoms. The lowest BCUT2D eigenvalue weighted by atomic mass is 10.0. The molecule has 0 unspecified atom stereocenters. The number of hydrogen-bond donors (Lipinski definition) is 2. The highest BCUT2D eigenvalue weighted by Crippen LogP contribution is 2.30. The van der Waals surface area contributed by atoms with Crippen LogP contribution in [0.5, 0.6) is 0 Å². The maximum Gasteiger partial charge on any atom is 0.138 e. The van der Waals surface area contributed by atoms with Gasteiger partial charge in [-0.05, 0) is 36.9 Å². The van der Waals surface area contributed by atoms with Crippen LogP contribution in [-0.2, 0) is 6.61 Å². The quantitative estimate of drug-likeness (QED) is 0.578. The summed E-state index contributed by atoms with van der Waals surface area (Å²) >= 11 is 0. The van der Waals surface area contributed by atoms with E-state index in [1.807, 2.05) is 12.3 Å². The van der Waals surface area contributed by atoms with E-state index in [9.17, 15) is 5.11 Å². The fourth-order valence-electron chi connectivity index (χ4n) is 3.89. The minimum atomic E-state index is -0.0660. The third kappa shape index (κ3) is 3.00. The number of nitrogens with one attached hydrogen (secondary N) is 1. The summed E-state index contributed by atoms with van der Waals surface area (Å²) in [5, 5.41) is 11.5. The summed E-state index contributed by atoms with van der Waals surface area (Å²) in [6, 6.07) is 12.8. The molecule has 1 aliphatic rings. The second kappa shape index (κ2) is 6.89. The smallest absolute Gasteiger partial charge is 0.138 e. The minimum absolute atomic E-state index is 0.0660. The molecule has 0 aliphatic carbocycles. The molecule has 1 aromatic carbocycles. The number of aliphatic hydroxyl groups is 1. The molecule has 0 amide bonds. The monoisotopic (exact) mass is 373 g/mol. The first kappa shape index (κ1) is 17.2. The molecule has 1 saturated heterocycles. The van der Waals surface area contributed by atoms with Gasteiger partial charge in [-0.3, -0.25) is 4.98 Å². The summed E-state index contributed by atoms with van der Waals surface area (Å²) in [6.45, 7) is 4.28. The maximum absolute atomic E-state index is 9.39. The number of benzene rings is 1.